The van der Waals surface area contributed by atoms with Crippen molar-refractivity contribution in [3.63, 3.8) is 0 Å². The topological polar surface area (TPSA) is 35.2 Å². The molecule has 0 saturated carbocycles. The van der Waals surface area contributed by atoms with Gasteiger partial charge in [-0.2, -0.15) is 0 Å². The van der Waals surface area contributed by atoms with Crippen LogP contribution >= 0.6 is 43.5 Å². The maximum absolute atomic E-state index is 6.20. The summed E-state index contributed by atoms with van der Waals surface area (Å²) in [5.41, 5.74) is 8.76. The predicted octanol–water partition coefficient (Wildman–Crippen LogP) is 5.21. The Labute approximate surface area is 140 Å². The molecule has 2 rings (SSSR count). The number of aryl methyl sites for hydroxylation is 1. The molecular weight excluding hydrogens is 405 g/mol. The fourth-order valence-electron chi connectivity index (χ4n) is 1.79. The molecule has 0 fully saturated rings. The first kappa shape index (κ1) is 15.8. The molecule has 106 valence electrons. The van der Waals surface area contributed by atoms with Crippen LogP contribution in [0.1, 0.15) is 16.7 Å². The maximum Gasteiger partial charge on any atom is 0.148 e. The van der Waals surface area contributed by atoms with Crippen LogP contribution in [0, 0.1) is 6.92 Å². The highest BCUT2D eigenvalue weighted by Gasteiger charge is 2.10. The van der Waals surface area contributed by atoms with Crippen molar-refractivity contribution in [2.24, 2.45) is 5.73 Å². The van der Waals surface area contributed by atoms with Crippen molar-refractivity contribution in [1.82, 2.24) is 0 Å². The average molecular weight is 420 g/mol. The molecule has 0 saturated heterocycles. The third-order valence-corrected chi connectivity index (χ3v) is 4.40. The second-order valence-electron chi connectivity index (χ2n) is 4.48. The Morgan fingerprint density at radius 3 is 2.35 bits per heavy atom. The zero-order chi connectivity index (χ0) is 14.7. The maximum atomic E-state index is 6.20. The molecule has 0 aromatic heterocycles. The summed E-state index contributed by atoms with van der Waals surface area (Å²) in [5, 5.41) is 0.718. The number of rotatable bonds is 4. The molecule has 0 unspecified atom stereocenters. The molecule has 20 heavy (non-hydrogen) atoms. The first-order chi connectivity index (χ1) is 9.51. The largest absolute Gasteiger partial charge is 0.486 e. The Morgan fingerprint density at radius 2 is 1.80 bits per heavy atom. The molecule has 2 aromatic carbocycles. The van der Waals surface area contributed by atoms with Crippen molar-refractivity contribution in [2.45, 2.75) is 20.1 Å². The molecule has 5 heteroatoms. The fraction of sp³-hybridized carbons (Fsp3) is 0.200. The van der Waals surface area contributed by atoms with E-state index in [1.54, 1.807) is 0 Å². The van der Waals surface area contributed by atoms with Crippen LogP contribution in [0.5, 0.6) is 5.75 Å². The second kappa shape index (κ2) is 6.94. The molecule has 0 aliphatic rings. The first-order valence-corrected chi connectivity index (χ1v) is 8.03. The van der Waals surface area contributed by atoms with E-state index in [0.717, 1.165) is 36.4 Å². The van der Waals surface area contributed by atoms with Gasteiger partial charge in [0.25, 0.3) is 0 Å². The Balaban J connectivity index is 2.19. The Bertz CT molecular complexity index is 608. The van der Waals surface area contributed by atoms with Crippen molar-refractivity contribution in [1.29, 1.82) is 0 Å². The fourth-order valence-corrected chi connectivity index (χ4v) is 3.59. The normalized spacial score (nSPS) is 10.7. The van der Waals surface area contributed by atoms with Gasteiger partial charge in [-0.3, -0.25) is 0 Å². The molecule has 0 radical (unpaired) electrons. The first-order valence-electron chi connectivity index (χ1n) is 6.07. The van der Waals surface area contributed by atoms with Gasteiger partial charge in [0.15, 0.2) is 0 Å². The van der Waals surface area contributed by atoms with Crippen molar-refractivity contribution in [2.75, 3.05) is 0 Å². The van der Waals surface area contributed by atoms with Crippen LogP contribution in [0.3, 0.4) is 0 Å². The molecule has 0 bridgehead atoms. The molecular formula is C15H14Br2ClNO. The third-order valence-electron chi connectivity index (χ3n) is 2.87. The number of nitrogens with two attached hydrogens (primary N) is 1. The van der Waals surface area contributed by atoms with Crippen LogP contribution in [0.25, 0.3) is 0 Å². The van der Waals surface area contributed by atoms with Gasteiger partial charge in [0.05, 0.1) is 8.95 Å². The molecule has 0 spiro atoms. The van der Waals surface area contributed by atoms with E-state index < -0.39 is 0 Å². The average Bonchev–Trinajstić information content (AvgIpc) is 2.39. The van der Waals surface area contributed by atoms with Crippen molar-refractivity contribution in [3.05, 3.63) is 61.0 Å². The minimum absolute atomic E-state index is 0.415. The quantitative estimate of drug-likeness (QED) is 0.738. The van der Waals surface area contributed by atoms with Gasteiger partial charge in [-0.05, 0) is 68.1 Å². The van der Waals surface area contributed by atoms with Crippen molar-refractivity contribution < 1.29 is 4.74 Å². The van der Waals surface area contributed by atoms with E-state index in [4.69, 9.17) is 22.1 Å². The van der Waals surface area contributed by atoms with Gasteiger partial charge in [-0.1, -0.05) is 23.7 Å². The number of halogens is 3. The summed E-state index contributed by atoms with van der Waals surface area (Å²) in [6.45, 7) is 2.91. The second-order valence-corrected chi connectivity index (χ2v) is 6.59. The number of benzene rings is 2. The van der Waals surface area contributed by atoms with Crippen LogP contribution in [-0.4, -0.2) is 0 Å². The van der Waals surface area contributed by atoms with Crippen LogP contribution in [0.4, 0.5) is 0 Å². The molecule has 0 atom stereocenters. The molecule has 0 aliphatic carbocycles. The van der Waals surface area contributed by atoms with E-state index in [9.17, 15) is 0 Å². The third kappa shape index (κ3) is 3.76. The Hall–Kier alpha value is -0.550. The summed E-state index contributed by atoms with van der Waals surface area (Å²) in [6.07, 6.45) is 0. The van der Waals surface area contributed by atoms with E-state index >= 15 is 0 Å². The summed E-state index contributed by atoms with van der Waals surface area (Å²) < 4.78 is 7.60. The van der Waals surface area contributed by atoms with Crippen LogP contribution < -0.4 is 10.5 Å². The highest BCUT2D eigenvalue weighted by molar-refractivity contribution is 9.11. The van der Waals surface area contributed by atoms with Gasteiger partial charge in [0.1, 0.15) is 12.4 Å². The summed E-state index contributed by atoms with van der Waals surface area (Å²) in [7, 11) is 0. The standard InChI is InChI=1S/C15H14Br2ClNO/c1-9-2-3-11(14(18)4-9)8-20-15-12(16)5-10(7-19)6-13(15)17/h2-6H,7-8,19H2,1H3. The molecule has 2 aromatic rings. The minimum atomic E-state index is 0.415. The highest BCUT2D eigenvalue weighted by Crippen LogP contribution is 2.35. The van der Waals surface area contributed by atoms with Crippen molar-refractivity contribution >= 4 is 43.5 Å². The SMILES string of the molecule is Cc1ccc(COc2c(Br)cc(CN)cc2Br)c(Cl)c1. The molecule has 2 nitrogen and oxygen atoms in total. The minimum Gasteiger partial charge on any atom is -0.486 e. The lowest BCUT2D eigenvalue weighted by molar-refractivity contribution is 0.302. The zero-order valence-electron chi connectivity index (χ0n) is 10.9. The predicted molar refractivity (Wildman–Crippen MR) is 90.3 cm³/mol. The number of hydrogen-bond donors (Lipinski definition) is 1. The summed E-state index contributed by atoms with van der Waals surface area (Å²) >= 11 is 13.2. The Kier molecular flexibility index (Phi) is 5.49. The van der Waals surface area contributed by atoms with E-state index in [2.05, 4.69) is 31.9 Å². The highest BCUT2D eigenvalue weighted by atomic mass is 79.9. The monoisotopic (exact) mass is 417 g/mol. The van der Waals surface area contributed by atoms with E-state index in [-0.39, 0.29) is 0 Å². The van der Waals surface area contributed by atoms with Gasteiger partial charge < -0.3 is 10.5 Å². The van der Waals surface area contributed by atoms with Gasteiger partial charge in [0, 0.05) is 17.1 Å². The number of hydrogen-bond acceptors (Lipinski definition) is 2. The van der Waals surface area contributed by atoms with Gasteiger partial charge in [-0.15, -0.1) is 0 Å². The summed E-state index contributed by atoms with van der Waals surface area (Å²) in [4.78, 5) is 0. The summed E-state index contributed by atoms with van der Waals surface area (Å²) in [6, 6.07) is 9.84. The molecule has 0 aliphatic heterocycles. The lowest BCUT2D eigenvalue weighted by Crippen LogP contribution is -2.00. The summed E-state index contributed by atoms with van der Waals surface area (Å²) in [5.74, 6) is 0.749. The van der Waals surface area contributed by atoms with Crippen LogP contribution in [0.2, 0.25) is 5.02 Å². The van der Waals surface area contributed by atoms with Crippen LogP contribution in [0.15, 0.2) is 39.3 Å². The van der Waals surface area contributed by atoms with E-state index in [1.165, 1.54) is 0 Å². The zero-order valence-corrected chi connectivity index (χ0v) is 14.8. The van der Waals surface area contributed by atoms with Gasteiger partial charge in [-0.25, -0.2) is 0 Å². The van der Waals surface area contributed by atoms with Gasteiger partial charge >= 0.3 is 0 Å². The molecule has 0 heterocycles. The lowest BCUT2D eigenvalue weighted by Gasteiger charge is -2.13. The smallest absolute Gasteiger partial charge is 0.148 e. The van der Waals surface area contributed by atoms with Gasteiger partial charge in [0.2, 0.25) is 0 Å². The molecule has 0 amide bonds. The number of ether oxygens (including phenoxy) is 1. The van der Waals surface area contributed by atoms with E-state index in [1.807, 2.05) is 37.3 Å². The Morgan fingerprint density at radius 1 is 1.15 bits per heavy atom. The van der Waals surface area contributed by atoms with Crippen molar-refractivity contribution in [3.8, 4) is 5.75 Å². The lowest BCUT2D eigenvalue weighted by atomic mass is 10.1. The van der Waals surface area contributed by atoms with Crippen LogP contribution in [-0.2, 0) is 13.2 Å². The van der Waals surface area contributed by atoms with E-state index in [0.29, 0.717) is 13.2 Å². The molecule has 2 N–H and O–H groups in total.